The number of hydrogen-bond acceptors (Lipinski definition) is 6. The monoisotopic (exact) mass is 274 g/mol. The van der Waals surface area contributed by atoms with E-state index in [-0.39, 0.29) is 77.7 Å². The molecule has 0 aromatic rings. The first-order valence-electron chi connectivity index (χ1n) is 4.58. The van der Waals surface area contributed by atoms with Gasteiger partial charge in [0, 0.05) is 23.4 Å². The van der Waals surface area contributed by atoms with Crippen molar-refractivity contribution in [3.63, 3.8) is 0 Å². The van der Waals surface area contributed by atoms with Crippen molar-refractivity contribution in [3.8, 4) is 0 Å². The molecule has 1 unspecified atom stereocenters. The van der Waals surface area contributed by atoms with Crippen LogP contribution in [0.3, 0.4) is 0 Å². The number of esters is 1. The van der Waals surface area contributed by atoms with E-state index in [2.05, 4.69) is 11.3 Å². The van der Waals surface area contributed by atoms with Crippen LogP contribution < -0.4 is 69.3 Å². The summed E-state index contributed by atoms with van der Waals surface area (Å²) in [6.07, 6.45) is -0.789. The summed E-state index contributed by atoms with van der Waals surface area (Å²) >= 11 is 0. The molecule has 0 aromatic heterocycles. The minimum Gasteiger partial charge on any atom is -0.550 e. The number of ether oxygens (including phenoxy) is 1. The van der Waals surface area contributed by atoms with Crippen LogP contribution in [0.2, 0.25) is 0 Å². The predicted octanol–water partition coefficient (Wildman–Crippen LogP) is -7.99. The Morgan fingerprint density at radius 1 is 1.22 bits per heavy atom. The first kappa shape index (κ1) is 23.3. The maximum absolute atomic E-state index is 10.9. The van der Waals surface area contributed by atoms with E-state index >= 15 is 0 Å². The maximum atomic E-state index is 10.9. The molecule has 0 aromatic carbocycles. The molecule has 6 nitrogen and oxygen atoms in total. The molecule has 0 aliphatic rings. The molecule has 90 valence electrons. The molecule has 0 rings (SSSR count). The van der Waals surface area contributed by atoms with Crippen LogP contribution in [0.1, 0.15) is 19.8 Å². The molecule has 8 heteroatoms. The summed E-state index contributed by atoms with van der Waals surface area (Å²) in [6.45, 7) is 4.58. The summed E-state index contributed by atoms with van der Waals surface area (Å²) in [6, 6.07) is 0. The van der Waals surface area contributed by atoms with Gasteiger partial charge in [-0.15, -0.1) is 0 Å². The number of carbonyl (C=O) groups excluding carboxylic acids is 3. The van der Waals surface area contributed by atoms with Crippen molar-refractivity contribution in [3.05, 3.63) is 12.2 Å². The predicted molar refractivity (Wildman–Crippen MR) is 48.5 cm³/mol. The van der Waals surface area contributed by atoms with Crippen molar-refractivity contribution in [2.45, 2.75) is 19.8 Å². The van der Waals surface area contributed by atoms with Crippen LogP contribution in [-0.2, 0) is 19.1 Å². The van der Waals surface area contributed by atoms with Gasteiger partial charge < -0.3 is 24.5 Å². The number of hydrogen-bond donors (Lipinski definition) is 0. The van der Waals surface area contributed by atoms with E-state index in [9.17, 15) is 24.6 Å². The molecule has 0 fully saturated rings. The molecule has 1 atom stereocenters. The van der Waals surface area contributed by atoms with Gasteiger partial charge in [-0.3, -0.25) is 0 Å². The average molecular weight is 274 g/mol. The molecule has 0 saturated heterocycles. The Morgan fingerprint density at radius 2 is 1.72 bits per heavy atom. The van der Waals surface area contributed by atoms with E-state index in [1.54, 1.807) is 0 Å². The number of carbonyl (C=O) groups is 3. The molecule has 0 saturated carbocycles. The van der Waals surface area contributed by atoms with Gasteiger partial charge in [-0.2, -0.15) is 0 Å². The van der Waals surface area contributed by atoms with Crippen LogP contribution in [0, 0.1) is 5.92 Å². The van der Waals surface area contributed by atoms with Crippen molar-refractivity contribution in [1.29, 1.82) is 0 Å². The van der Waals surface area contributed by atoms with Crippen molar-refractivity contribution < 1.29 is 88.4 Å². The second-order valence-corrected chi connectivity index (χ2v) is 3.30. The Kier molecular flexibility index (Phi) is 15.8. The SMILES string of the molecule is C=C(C)C(=O)OCCC(CC(=O)[O-])C(=O)[O-].[Na+].[Na+]. The molecule has 0 aliphatic carbocycles. The fourth-order valence-electron chi connectivity index (χ4n) is 0.922. The van der Waals surface area contributed by atoms with Crippen LogP contribution in [-0.4, -0.2) is 24.5 Å². The molecule has 0 spiro atoms. The molecule has 0 amide bonds. The Morgan fingerprint density at radius 3 is 2.06 bits per heavy atom. The van der Waals surface area contributed by atoms with Gasteiger partial charge >= 0.3 is 65.1 Å². The summed E-state index contributed by atoms with van der Waals surface area (Å²) in [4.78, 5) is 31.6. The summed E-state index contributed by atoms with van der Waals surface area (Å²) < 4.78 is 4.62. The van der Waals surface area contributed by atoms with Gasteiger partial charge in [-0.1, -0.05) is 6.58 Å². The fraction of sp³-hybridized carbons (Fsp3) is 0.500. The number of carboxylic acids is 2. The van der Waals surface area contributed by atoms with Crippen LogP contribution in [0.5, 0.6) is 0 Å². The Balaban J connectivity index is -0.00000112. The van der Waals surface area contributed by atoms with Crippen LogP contribution in [0.25, 0.3) is 0 Å². The largest absolute Gasteiger partial charge is 1.00 e. The van der Waals surface area contributed by atoms with E-state index in [1.807, 2.05) is 0 Å². The van der Waals surface area contributed by atoms with Gasteiger partial charge in [-0.25, -0.2) is 4.79 Å². The standard InChI is InChI=1S/C10H14O6.2Na/c1-6(2)10(15)16-4-3-7(9(13)14)5-8(11)12;;/h7H,1,3-5H2,2H3,(H,11,12)(H,13,14);;/q;2*+1/p-2. The Labute approximate surface area is 149 Å². The Bertz CT molecular complexity index is 315. The number of aliphatic carboxylic acids is 2. The van der Waals surface area contributed by atoms with Crippen LogP contribution in [0.15, 0.2) is 12.2 Å². The summed E-state index contributed by atoms with van der Waals surface area (Å²) in [5.74, 6) is -4.86. The van der Waals surface area contributed by atoms with E-state index < -0.39 is 30.2 Å². The van der Waals surface area contributed by atoms with Crippen LogP contribution in [0.4, 0.5) is 0 Å². The van der Waals surface area contributed by atoms with Crippen molar-refractivity contribution in [1.82, 2.24) is 0 Å². The van der Waals surface area contributed by atoms with Crippen molar-refractivity contribution in [2.75, 3.05) is 6.61 Å². The topological polar surface area (TPSA) is 107 Å². The van der Waals surface area contributed by atoms with Gasteiger partial charge in [0.1, 0.15) is 0 Å². The molecule has 0 heterocycles. The molecule has 0 N–H and O–H groups in total. The smallest absolute Gasteiger partial charge is 0.550 e. The van der Waals surface area contributed by atoms with E-state index in [4.69, 9.17) is 0 Å². The molecular formula is C10H12Na2O6. The normalized spacial score (nSPS) is 10.3. The third kappa shape index (κ3) is 11.3. The minimum absolute atomic E-state index is 0. The summed E-state index contributed by atoms with van der Waals surface area (Å²) in [7, 11) is 0. The number of rotatable bonds is 7. The molecule has 0 aliphatic heterocycles. The zero-order valence-electron chi connectivity index (χ0n) is 10.9. The first-order chi connectivity index (χ1) is 7.34. The van der Waals surface area contributed by atoms with Gasteiger partial charge in [0.05, 0.1) is 6.61 Å². The Hall–Kier alpha value is 0.150. The zero-order valence-corrected chi connectivity index (χ0v) is 14.9. The third-order valence-electron chi connectivity index (χ3n) is 1.79. The van der Waals surface area contributed by atoms with Gasteiger partial charge in [0.25, 0.3) is 0 Å². The van der Waals surface area contributed by atoms with Gasteiger partial charge in [0.2, 0.25) is 0 Å². The number of carboxylic acid groups (broad SMARTS) is 2. The van der Waals surface area contributed by atoms with Crippen molar-refractivity contribution >= 4 is 17.9 Å². The molecular weight excluding hydrogens is 262 g/mol. The maximum Gasteiger partial charge on any atom is 1.00 e. The van der Waals surface area contributed by atoms with E-state index in [0.29, 0.717) is 0 Å². The van der Waals surface area contributed by atoms with Gasteiger partial charge in [-0.05, 0) is 19.8 Å². The minimum atomic E-state index is -1.50. The first-order valence-corrected chi connectivity index (χ1v) is 4.58. The average Bonchev–Trinajstić information content (AvgIpc) is 2.14. The quantitative estimate of drug-likeness (QED) is 0.259. The van der Waals surface area contributed by atoms with Crippen molar-refractivity contribution in [2.24, 2.45) is 5.92 Å². The second kappa shape index (κ2) is 12.2. The summed E-state index contributed by atoms with van der Waals surface area (Å²) in [5.41, 5.74) is 0.185. The molecule has 0 bridgehead atoms. The van der Waals surface area contributed by atoms with Gasteiger partial charge in [0.15, 0.2) is 0 Å². The van der Waals surface area contributed by atoms with E-state index in [1.165, 1.54) is 6.92 Å². The molecule has 0 radical (unpaired) electrons. The van der Waals surface area contributed by atoms with Crippen LogP contribution >= 0.6 is 0 Å². The fourth-order valence-corrected chi connectivity index (χ4v) is 0.922. The summed E-state index contributed by atoms with van der Waals surface area (Å²) in [5, 5.41) is 20.7. The third-order valence-corrected chi connectivity index (χ3v) is 1.79. The molecule has 18 heavy (non-hydrogen) atoms. The zero-order chi connectivity index (χ0) is 12.7. The van der Waals surface area contributed by atoms with E-state index in [0.717, 1.165) is 0 Å². The second-order valence-electron chi connectivity index (χ2n) is 3.30.